The molecule has 1 unspecified atom stereocenters. The van der Waals surface area contributed by atoms with Gasteiger partial charge in [0.1, 0.15) is 5.78 Å². The summed E-state index contributed by atoms with van der Waals surface area (Å²) in [5.74, 6) is 0.584. The van der Waals surface area contributed by atoms with Crippen molar-refractivity contribution < 1.29 is 4.79 Å². The molecule has 110 valence electrons. The molecule has 0 bridgehead atoms. The van der Waals surface area contributed by atoms with Crippen molar-refractivity contribution in [1.29, 1.82) is 0 Å². The average molecular weight is 283 g/mol. The number of hydrogen-bond acceptors (Lipinski definition) is 3. The normalized spacial score (nSPS) is 16.6. The van der Waals surface area contributed by atoms with Gasteiger partial charge in [-0.3, -0.25) is 9.48 Å². The Bertz CT molecular complexity index is 660. The van der Waals surface area contributed by atoms with Crippen LogP contribution in [0, 0.1) is 6.92 Å². The summed E-state index contributed by atoms with van der Waals surface area (Å²) < 4.78 is 1.92. The maximum absolute atomic E-state index is 12.4. The standard InChI is InChI=1S/C17H21N3O/c1-3-20-14(8-12(2)19-20)10-15(21)9-13-11-18-17-7-5-4-6-16(13)17/h4-8,13,18H,3,9-11H2,1-2H3. The van der Waals surface area contributed by atoms with Gasteiger partial charge < -0.3 is 5.32 Å². The molecule has 1 aromatic carbocycles. The van der Waals surface area contributed by atoms with E-state index in [0.29, 0.717) is 18.8 Å². The number of ketones is 1. The topological polar surface area (TPSA) is 46.9 Å². The predicted octanol–water partition coefficient (Wildman–Crippen LogP) is 2.92. The Kier molecular flexibility index (Phi) is 3.78. The van der Waals surface area contributed by atoms with Crippen molar-refractivity contribution in [1.82, 2.24) is 9.78 Å². The van der Waals surface area contributed by atoms with Crippen LogP contribution in [0.2, 0.25) is 0 Å². The quantitative estimate of drug-likeness (QED) is 0.917. The molecule has 0 spiro atoms. The predicted molar refractivity (Wildman–Crippen MR) is 83.6 cm³/mol. The second-order valence-corrected chi connectivity index (χ2v) is 5.68. The maximum Gasteiger partial charge on any atom is 0.139 e. The summed E-state index contributed by atoms with van der Waals surface area (Å²) in [6.45, 7) is 5.69. The van der Waals surface area contributed by atoms with Crippen LogP contribution in [-0.2, 0) is 17.8 Å². The number of para-hydroxylation sites is 1. The van der Waals surface area contributed by atoms with Crippen LogP contribution in [0.5, 0.6) is 0 Å². The van der Waals surface area contributed by atoms with Gasteiger partial charge in [0.05, 0.1) is 5.69 Å². The van der Waals surface area contributed by atoms with E-state index < -0.39 is 0 Å². The first-order valence-electron chi connectivity index (χ1n) is 7.55. The Hall–Kier alpha value is -2.10. The molecule has 4 heteroatoms. The lowest BCUT2D eigenvalue weighted by molar-refractivity contribution is -0.118. The zero-order chi connectivity index (χ0) is 14.8. The van der Waals surface area contributed by atoms with Crippen LogP contribution in [0.15, 0.2) is 30.3 Å². The van der Waals surface area contributed by atoms with Gasteiger partial charge in [-0.2, -0.15) is 5.10 Å². The summed E-state index contributed by atoms with van der Waals surface area (Å²) in [4.78, 5) is 12.4. The zero-order valence-corrected chi connectivity index (χ0v) is 12.6. The van der Waals surface area contributed by atoms with E-state index in [1.807, 2.05) is 29.8 Å². The summed E-state index contributed by atoms with van der Waals surface area (Å²) in [6, 6.07) is 10.3. The third kappa shape index (κ3) is 2.84. The minimum atomic E-state index is 0.285. The van der Waals surface area contributed by atoms with Crippen LogP contribution in [0.4, 0.5) is 5.69 Å². The summed E-state index contributed by atoms with van der Waals surface area (Å²) in [6.07, 6.45) is 1.07. The number of carbonyl (C=O) groups excluding carboxylic acids is 1. The molecule has 0 saturated carbocycles. The summed E-state index contributed by atoms with van der Waals surface area (Å²) in [5, 5.41) is 7.78. The van der Waals surface area contributed by atoms with E-state index >= 15 is 0 Å². The van der Waals surface area contributed by atoms with E-state index in [-0.39, 0.29) is 5.78 Å². The van der Waals surface area contributed by atoms with Crippen molar-refractivity contribution in [3.63, 3.8) is 0 Å². The molecule has 1 aliphatic heterocycles. The number of benzene rings is 1. The number of anilines is 1. The lowest BCUT2D eigenvalue weighted by Gasteiger charge is -2.09. The first-order chi connectivity index (χ1) is 10.2. The summed E-state index contributed by atoms with van der Waals surface area (Å²) in [5.41, 5.74) is 4.45. The molecule has 0 saturated heterocycles. The minimum Gasteiger partial charge on any atom is -0.384 e. The molecule has 0 fully saturated rings. The molecule has 1 atom stereocenters. The molecular weight excluding hydrogens is 262 g/mol. The Morgan fingerprint density at radius 1 is 1.43 bits per heavy atom. The van der Waals surface area contributed by atoms with E-state index in [1.165, 1.54) is 11.3 Å². The summed E-state index contributed by atoms with van der Waals surface area (Å²) in [7, 11) is 0. The number of fused-ring (bicyclic) bond motifs is 1. The third-order valence-corrected chi connectivity index (χ3v) is 4.08. The number of aryl methyl sites for hydroxylation is 2. The zero-order valence-electron chi connectivity index (χ0n) is 12.6. The van der Waals surface area contributed by atoms with Crippen LogP contribution in [0.3, 0.4) is 0 Å². The van der Waals surface area contributed by atoms with Gasteiger partial charge in [-0.15, -0.1) is 0 Å². The van der Waals surface area contributed by atoms with Gasteiger partial charge in [0.25, 0.3) is 0 Å². The number of carbonyl (C=O) groups is 1. The van der Waals surface area contributed by atoms with Gasteiger partial charge in [-0.1, -0.05) is 18.2 Å². The highest BCUT2D eigenvalue weighted by Crippen LogP contribution is 2.33. The number of nitrogens with zero attached hydrogens (tertiary/aromatic N) is 2. The van der Waals surface area contributed by atoms with Crippen molar-refractivity contribution in [3.8, 4) is 0 Å². The minimum absolute atomic E-state index is 0.285. The van der Waals surface area contributed by atoms with Crippen LogP contribution < -0.4 is 5.32 Å². The Morgan fingerprint density at radius 2 is 2.24 bits per heavy atom. The number of hydrogen-bond donors (Lipinski definition) is 1. The number of rotatable bonds is 5. The van der Waals surface area contributed by atoms with Crippen molar-refractivity contribution >= 4 is 11.5 Å². The largest absolute Gasteiger partial charge is 0.384 e. The fourth-order valence-electron chi connectivity index (χ4n) is 3.10. The smallest absolute Gasteiger partial charge is 0.139 e. The highest BCUT2D eigenvalue weighted by atomic mass is 16.1. The monoisotopic (exact) mass is 283 g/mol. The molecule has 4 nitrogen and oxygen atoms in total. The van der Waals surface area contributed by atoms with Gasteiger partial charge in [0, 0.05) is 43.2 Å². The molecule has 1 aromatic heterocycles. The molecule has 2 heterocycles. The Balaban J connectivity index is 1.68. The molecule has 3 rings (SSSR count). The average Bonchev–Trinajstić information content (AvgIpc) is 3.03. The fraction of sp³-hybridized carbons (Fsp3) is 0.412. The second kappa shape index (κ2) is 5.72. The van der Waals surface area contributed by atoms with Crippen LogP contribution in [0.1, 0.15) is 36.2 Å². The molecule has 0 aliphatic carbocycles. The molecule has 2 aromatic rings. The van der Waals surface area contributed by atoms with E-state index in [0.717, 1.165) is 24.5 Å². The van der Waals surface area contributed by atoms with Gasteiger partial charge in [0.2, 0.25) is 0 Å². The van der Waals surface area contributed by atoms with Gasteiger partial charge in [-0.25, -0.2) is 0 Å². The van der Waals surface area contributed by atoms with E-state index in [1.54, 1.807) is 0 Å². The third-order valence-electron chi connectivity index (χ3n) is 4.08. The highest BCUT2D eigenvalue weighted by Gasteiger charge is 2.24. The lowest BCUT2D eigenvalue weighted by atomic mass is 9.94. The highest BCUT2D eigenvalue weighted by molar-refractivity contribution is 5.82. The number of aromatic nitrogens is 2. The molecule has 21 heavy (non-hydrogen) atoms. The van der Waals surface area contributed by atoms with Crippen molar-refractivity contribution in [2.45, 2.75) is 39.2 Å². The lowest BCUT2D eigenvalue weighted by Crippen LogP contribution is -2.13. The van der Waals surface area contributed by atoms with Crippen molar-refractivity contribution in [3.05, 3.63) is 47.3 Å². The van der Waals surface area contributed by atoms with Crippen LogP contribution in [-0.4, -0.2) is 22.1 Å². The molecular formula is C17H21N3O. The number of Topliss-reactive ketones (excluding diaryl/α,β-unsaturated/α-hetero) is 1. The first kappa shape index (κ1) is 13.9. The first-order valence-corrected chi connectivity index (χ1v) is 7.55. The maximum atomic E-state index is 12.4. The Labute approximate surface area is 125 Å². The summed E-state index contributed by atoms with van der Waals surface area (Å²) >= 11 is 0. The van der Waals surface area contributed by atoms with Gasteiger partial charge in [0.15, 0.2) is 0 Å². The van der Waals surface area contributed by atoms with Crippen molar-refractivity contribution in [2.24, 2.45) is 0 Å². The Morgan fingerprint density at radius 3 is 3.05 bits per heavy atom. The van der Waals surface area contributed by atoms with Crippen LogP contribution >= 0.6 is 0 Å². The molecule has 0 radical (unpaired) electrons. The van der Waals surface area contributed by atoms with Gasteiger partial charge in [-0.05, 0) is 31.5 Å². The molecule has 1 N–H and O–H groups in total. The second-order valence-electron chi connectivity index (χ2n) is 5.68. The molecule has 0 amide bonds. The molecule has 1 aliphatic rings. The van der Waals surface area contributed by atoms with E-state index in [9.17, 15) is 4.79 Å². The van der Waals surface area contributed by atoms with E-state index in [2.05, 4.69) is 29.5 Å². The van der Waals surface area contributed by atoms with E-state index in [4.69, 9.17) is 0 Å². The SMILES string of the molecule is CCn1nc(C)cc1CC(=O)CC1CNc2ccccc21. The van der Waals surface area contributed by atoms with Crippen molar-refractivity contribution in [2.75, 3.05) is 11.9 Å². The fourth-order valence-corrected chi connectivity index (χ4v) is 3.10. The number of nitrogens with one attached hydrogen (secondary N) is 1. The van der Waals surface area contributed by atoms with Gasteiger partial charge >= 0.3 is 0 Å². The van der Waals surface area contributed by atoms with Crippen LogP contribution in [0.25, 0.3) is 0 Å².